The molecule has 0 radical (unpaired) electrons. The number of benzene rings is 3. The van der Waals surface area contributed by atoms with Gasteiger partial charge in [-0.3, -0.25) is 0 Å². The van der Waals surface area contributed by atoms with E-state index in [1.807, 2.05) is 36.4 Å². The van der Waals surface area contributed by atoms with Crippen LogP contribution in [0.1, 0.15) is 22.3 Å². The van der Waals surface area contributed by atoms with E-state index in [-0.39, 0.29) is 5.63 Å². The SMILES string of the molecule is COc1ccc(-c2cc(=O)oc3c4c(ccc23)OCN(c2c(C)cc(C)cc2C)C4)cc1. The molecule has 1 aromatic heterocycles. The van der Waals surface area contributed by atoms with Gasteiger partial charge in [-0.05, 0) is 67.3 Å². The molecular weight excluding hydrogens is 402 g/mol. The molecule has 162 valence electrons. The molecule has 0 atom stereocenters. The number of anilines is 1. The summed E-state index contributed by atoms with van der Waals surface area (Å²) in [6.45, 7) is 7.40. The molecule has 0 N–H and O–H groups in total. The average Bonchev–Trinajstić information content (AvgIpc) is 2.78. The Morgan fingerprint density at radius 2 is 1.66 bits per heavy atom. The first kappa shape index (κ1) is 20.2. The van der Waals surface area contributed by atoms with Crippen LogP contribution >= 0.6 is 0 Å². The van der Waals surface area contributed by atoms with Gasteiger partial charge in [-0.1, -0.05) is 29.8 Å². The third-order valence-electron chi connectivity index (χ3n) is 6.05. The topological polar surface area (TPSA) is 51.9 Å². The number of fused-ring (bicyclic) bond motifs is 3. The molecule has 0 spiro atoms. The van der Waals surface area contributed by atoms with Crippen LogP contribution in [0.15, 0.2) is 63.8 Å². The highest BCUT2D eigenvalue weighted by molar-refractivity contribution is 5.96. The van der Waals surface area contributed by atoms with E-state index in [0.717, 1.165) is 39.3 Å². The van der Waals surface area contributed by atoms with Crippen molar-refractivity contribution in [2.75, 3.05) is 18.7 Å². The Hall–Kier alpha value is -3.73. The molecule has 5 rings (SSSR count). The molecule has 1 aliphatic heterocycles. The van der Waals surface area contributed by atoms with Gasteiger partial charge in [0.15, 0.2) is 6.73 Å². The summed E-state index contributed by atoms with van der Waals surface area (Å²) >= 11 is 0. The Morgan fingerprint density at radius 1 is 0.938 bits per heavy atom. The summed E-state index contributed by atoms with van der Waals surface area (Å²) in [5.41, 5.74) is 7.66. The summed E-state index contributed by atoms with van der Waals surface area (Å²) in [7, 11) is 1.64. The highest BCUT2D eigenvalue weighted by Gasteiger charge is 2.25. The molecule has 0 unspecified atom stereocenters. The number of hydrogen-bond acceptors (Lipinski definition) is 5. The molecule has 0 aliphatic carbocycles. The minimum atomic E-state index is -0.378. The molecular formula is C27H25NO4. The Bertz CT molecular complexity index is 1360. The van der Waals surface area contributed by atoms with Crippen LogP contribution in [0.2, 0.25) is 0 Å². The van der Waals surface area contributed by atoms with Crippen LogP contribution in [0.3, 0.4) is 0 Å². The van der Waals surface area contributed by atoms with Gasteiger partial charge in [0.05, 0.1) is 19.2 Å². The van der Waals surface area contributed by atoms with Crippen LogP contribution in [0.5, 0.6) is 11.5 Å². The fourth-order valence-electron chi connectivity index (χ4n) is 4.76. The zero-order chi connectivity index (χ0) is 22.4. The molecule has 3 aromatic carbocycles. The van der Waals surface area contributed by atoms with Crippen LogP contribution in [-0.4, -0.2) is 13.8 Å². The summed E-state index contributed by atoms with van der Waals surface area (Å²) in [5.74, 6) is 1.53. The summed E-state index contributed by atoms with van der Waals surface area (Å²) in [5, 5.41) is 0.885. The smallest absolute Gasteiger partial charge is 0.336 e. The zero-order valence-electron chi connectivity index (χ0n) is 18.7. The summed E-state index contributed by atoms with van der Waals surface area (Å²) < 4.78 is 17.1. The second-order valence-corrected chi connectivity index (χ2v) is 8.35. The highest BCUT2D eigenvalue weighted by Crippen LogP contribution is 2.38. The lowest BCUT2D eigenvalue weighted by Crippen LogP contribution is -2.33. The van der Waals surface area contributed by atoms with Crippen molar-refractivity contribution in [2.45, 2.75) is 27.3 Å². The van der Waals surface area contributed by atoms with Crippen molar-refractivity contribution in [2.24, 2.45) is 0 Å². The van der Waals surface area contributed by atoms with Gasteiger partial charge in [0.1, 0.15) is 17.1 Å². The summed E-state index contributed by atoms with van der Waals surface area (Å²) in [6, 6.07) is 17.5. The van der Waals surface area contributed by atoms with E-state index < -0.39 is 0 Å². The van der Waals surface area contributed by atoms with Crippen molar-refractivity contribution < 1.29 is 13.9 Å². The van der Waals surface area contributed by atoms with Crippen LogP contribution in [0, 0.1) is 20.8 Å². The van der Waals surface area contributed by atoms with Gasteiger partial charge in [0.2, 0.25) is 0 Å². The zero-order valence-corrected chi connectivity index (χ0v) is 18.7. The first-order valence-corrected chi connectivity index (χ1v) is 10.6. The molecule has 5 nitrogen and oxygen atoms in total. The van der Waals surface area contributed by atoms with Gasteiger partial charge in [-0.2, -0.15) is 0 Å². The lowest BCUT2D eigenvalue weighted by atomic mass is 9.98. The van der Waals surface area contributed by atoms with Crippen LogP contribution in [0.25, 0.3) is 22.1 Å². The Labute approximate surface area is 186 Å². The van der Waals surface area contributed by atoms with Crippen molar-refractivity contribution in [1.82, 2.24) is 0 Å². The molecule has 1 aliphatic rings. The van der Waals surface area contributed by atoms with Crippen LogP contribution < -0.4 is 20.0 Å². The van der Waals surface area contributed by atoms with Crippen molar-refractivity contribution in [3.63, 3.8) is 0 Å². The maximum atomic E-state index is 12.5. The third-order valence-corrected chi connectivity index (χ3v) is 6.05. The maximum absolute atomic E-state index is 12.5. The van der Waals surface area contributed by atoms with Gasteiger partial charge in [0, 0.05) is 17.1 Å². The molecule has 4 aromatic rings. The van der Waals surface area contributed by atoms with E-state index in [1.165, 1.54) is 16.7 Å². The van der Waals surface area contributed by atoms with Crippen LogP contribution in [0.4, 0.5) is 5.69 Å². The minimum absolute atomic E-state index is 0.378. The van der Waals surface area contributed by atoms with E-state index >= 15 is 0 Å². The largest absolute Gasteiger partial charge is 0.497 e. The lowest BCUT2D eigenvalue weighted by Gasteiger charge is -2.33. The van der Waals surface area contributed by atoms with E-state index in [4.69, 9.17) is 13.9 Å². The number of ether oxygens (including phenoxy) is 2. The molecule has 0 amide bonds. The maximum Gasteiger partial charge on any atom is 0.336 e. The van der Waals surface area contributed by atoms with Gasteiger partial charge < -0.3 is 18.8 Å². The molecule has 0 bridgehead atoms. The van der Waals surface area contributed by atoms with Crippen molar-refractivity contribution in [3.8, 4) is 22.6 Å². The second kappa shape index (κ2) is 7.75. The molecule has 0 saturated carbocycles. The quantitative estimate of drug-likeness (QED) is 0.390. The van der Waals surface area contributed by atoms with Gasteiger partial charge in [-0.15, -0.1) is 0 Å². The predicted octanol–water partition coefficient (Wildman–Crippen LogP) is 5.75. The van der Waals surface area contributed by atoms with Crippen molar-refractivity contribution >= 4 is 16.7 Å². The predicted molar refractivity (Wildman–Crippen MR) is 127 cm³/mol. The average molecular weight is 428 g/mol. The standard InChI is InChI=1S/C27H25NO4/c1-16-11-17(2)26(18(3)12-16)28-14-23-24(31-15-28)10-9-21-22(13-25(29)32-27(21)23)19-5-7-20(30-4)8-6-19/h5-13H,14-15H2,1-4H3. The molecule has 5 heteroatoms. The number of hydrogen-bond donors (Lipinski definition) is 0. The fourth-order valence-corrected chi connectivity index (χ4v) is 4.76. The monoisotopic (exact) mass is 427 g/mol. The molecule has 32 heavy (non-hydrogen) atoms. The Kier molecular flexibility index (Phi) is 4.89. The fraction of sp³-hybridized carbons (Fsp3) is 0.222. The lowest BCUT2D eigenvalue weighted by molar-refractivity contribution is 0.288. The van der Waals surface area contributed by atoms with Gasteiger partial charge >= 0.3 is 5.63 Å². The van der Waals surface area contributed by atoms with Gasteiger partial charge in [-0.25, -0.2) is 4.79 Å². The van der Waals surface area contributed by atoms with E-state index in [9.17, 15) is 4.79 Å². The van der Waals surface area contributed by atoms with Crippen molar-refractivity contribution in [3.05, 3.63) is 87.3 Å². The number of rotatable bonds is 3. The minimum Gasteiger partial charge on any atom is -0.497 e. The number of nitrogens with zero attached hydrogens (tertiary/aromatic N) is 1. The molecule has 0 fully saturated rings. The first-order chi connectivity index (χ1) is 15.4. The summed E-state index contributed by atoms with van der Waals surface area (Å²) in [4.78, 5) is 14.7. The number of aryl methyl sites for hydroxylation is 3. The Balaban J connectivity index is 1.64. The first-order valence-electron chi connectivity index (χ1n) is 10.6. The summed E-state index contributed by atoms with van der Waals surface area (Å²) in [6.07, 6.45) is 0. The van der Waals surface area contributed by atoms with Crippen LogP contribution in [-0.2, 0) is 6.54 Å². The van der Waals surface area contributed by atoms with E-state index in [0.29, 0.717) is 18.9 Å². The van der Waals surface area contributed by atoms with E-state index in [1.54, 1.807) is 13.2 Å². The second-order valence-electron chi connectivity index (χ2n) is 8.35. The highest BCUT2D eigenvalue weighted by atomic mass is 16.5. The Morgan fingerprint density at radius 3 is 2.34 bits per heavy atom. The number of methoxy groups -OCH3 is 1. The van der Waals surface area contributed by atoms with E-state index in [2.05, 4.69) is 37.8 Å². The normalized spacial score (nSPS) is 13.1. The van der Waals surface area contributed by atoms with Gasteiger partial charge in [0.25, 0.3) is 0 Å². The third kappa shape index (κ3) is 3.40. The molecule has 2 heterocycles. The van der Waals surface area contributed by atoms with Crippen molar-refractivity contribution in [1.29, 1.82) is 0 Å². The molecule has 0 saturated heterocycles.